The third kappa shape index (κ3) is 6.01. The summed E-state index contributed by atoms with van der Waals surface area (Å²) < 4.78 is 37.7. The Hall–Kier alpha value is -1.56. The zero-order valence-corrected chi connectivity index (χ0v) is 15.2. The molecule has 0 aliphatic heterocycles. The number of hydrogen-bond acceptors (Lipinski definition) is 2. The Morgan fingerprint density at radius 2 is 1.81 bits per heavy atom. The first kappa shape index (κ1) is 20.7. The van der Waals surface area contributed by atoms with Crippen LogP contribution in [0.25, 0.3) is 0 Å². The maximum Gasteiger partial charge on any atom is 0.416 e. The summed E-state index contributed by atoms with van der Waals surface area (Å²) in [4.78, 5) is 12.3. The van der Waals surface area contributed by atoms with E-state index in [0.717, 1.165) is 43.7 Å². The smallest absolute Gasteiger partial charge is 0.387 e. The normalized spacial score (nSPS) is 22.0. The molecule has 1 aromatic carbocycles. The Balaban J connectivity index is 1.77. The number of nitrogens with one attached hydrogen (secondary N) is 1. The number of alkyl halides is 3. The van der Waals surface area contributed by atoms with Crippen molar-refractivity contribution in [1.29, 1.82) is 0 Å². The Labute approximate surface area is 153 Å². The average molecular weight is 371 g/mol. The molecule has 3 nitrogen and oxygen atoms in total. The SMILES string of the molecule is CCCCC1CCC(C(=O)NCC(O)c2ccc(C(F)(F)F)cc2)CC1. The van der Waals surface area contributed by atoms with Gasteiger partial charge in [-0.3, -0.25) is 4.79 Å². The molecule has 26 heavy (non-hydrogen) atoms. The van der Waals surface area contributed by atoms with Gasteiger partial charge in [0, 0.05) is 12.5 Å². The van der Waals surface area contributed by atoms with Crippen LogP contribution in [0.2, 0.25) is 0 Å². The highest BCUT2D eigenvalue weighted by molar-refractivity contribution is 5.78. The van der Waals surface area contributed by atoms with Crippen LogP contribution >= 0.6 is 0 Å². The topological polar surface area (TPSA) is 49.3 Å². The number of carbonyl (C=O) groups is 1. The van der Waals surface area contributed by atoms with Gasteiger partial charge in [0.2, 0.25) is 5.91 Å². The predicted octanol–water partition coefficient (Wildman–Crippen LogP) is 4.85. The van der Waals surface area contributed by atoms with E-state index in [4.69, 9.17) is 0 Å². The third-order valence-corrected chi connectivity index (χ3v) is 5.28. The van der Waals surface area contributed by atoms with E-state index in [9.17, 15) is 23.1 Å². The maximum atomic E-state index is 12.6. The monoisotopic (exact) mass is 371 g/mol. The van der Waals surface area contributed by atoms with Gasteiger partial charge in [0.1, 0.15) is 0 Å². The summed E-state index contributed by atoms with van der Waals surface area (Å²) in [5, 5.41) is 12.8. The van der Waals surface area contributed by atoms with E-state index in [0.29, 0.717) is 5.56 Å². The molecule has 1 aliphatic carbocycles. The molecule has 0 aromatic heterocycles. The Kier molecular flexibility index (Phi) is 7.50. The fraction of sp³-hybridized carbons (Fsp3) is 0.650. The molecule has 1 fully saturated rings. The molecule has 1 aliphatic rings. The van der Waals surface area contributed by atoms with Crippen LogP contribution in [0.4, 0.5) is 13.2 Å². The van der Waals surface area contributed by atoms with Gasteiger partial charge in [-0.25, -0.2) is 0 Å². The molecule has 2 N–H and O–H groups in total. The molecular formula is C20H28F3NO2. The lowest BCUT2D eigenvalue weighted by atomic mass is 9.79. The second-order valence-electron chi connectivity index (χ2n) is 7.24. The molecule has 0 heterocycles. The highest BCUT2D eigenvalue weighted by atomic mass is 19.4. The molecular weight excluding hydrogens is 343 g/mol. The molecule has 0 bridgehead atoms. The number of rotatable bonds is 7. The summed E-state index contributed by atoms with van der Waals surface area (Å²) in [6, 6.07) is 4.38. The van der Waals surface area contributed by atoms with Gasteiger partial charge in [-0.1, -0.05) is 38.3 Å². The predicted molar refractivity (Wildman–Crippen MR) is 94.4 cm³/mol. The largest absolute Gasteiger partial charge is 0.416 e. The van der Waals surface area contributed by atoms with Crippen molar-refractivity contribution in [3.8, 4) is 0 Å². The summed E-state index contributed by atoms with van der Waals surface area (Å²) in [6.45, 7) is 2.20. The zero-order chi connectivity index (χ0) is 19.2. The maximum absolute atomic E-state index is 12.6. The van der Waals surface area contributed by atoms with Crippen molar-refractivity contribution in [3.05, 3.63) is 35.4 Å². The number of aliphatic hydroxyl groups is 1. The molecule has 1 amide bonds. The fourth-order valence-corrected chi connectivity index (χ4v) is 3.56. The molecule has 0 radical (unpaired) electrons. The van der Waals surface area contributed by atoms with Crippen LogP contribution < -0.4 is 5.32 Å². The molecule has 1 aromatic rings. The number of halogens is 3. The lowest BCUT2D eigenvalue weighted by Crippen LogP contribution is -2.35. The minimum Gasteiger partial charge on any atom is -0.387 e. The molecule has 1 atom stereocenters. The average Bonchev–Trinajstić information content (AvgIpc) is 2.64. The second kappa shape index (κ2) is 9.40. The van der Waals surface area contributed by atoms with Crippen LogP contribution in [0.3, 0.4) is 0 Å². The van der Waals surface area contributed by atoms with E-state index < -0.39 is 17.8 Å². The van der Waals surface area contributed by atoms with Gasteiger partial charge in [0.25, 0.3) is 0 Å². The Morgan fingerprint density at radius 1 is 1.19 bits per heavy atom. The molecule has 146 valence electrons. The van der Waals surface area contributed by atoms with E-state index in [1.807, 2.05) is 0 Å². The van der Waals surface area contributed by atoms with Crippen molar-refractivity contribution in [2.75, 3.05) is 6.54 Å². The van der Waals surface area contributed by atoms with E-state index in [-0.39, 0.29) is 18.4 Å². The van der Waals surface area contributed by atoms with Crippen LogP contribution in [-0.2, 0) is 11.0 Å². The quantitative estimate of drug-likeness (QED) is 0.720. The van der Waals surface area contributed by atoms with Gasteiger partial charge in [-0.15, -0.1) is 0 Å². The van der Waals surface area contributed by atoms with Crippen LogP contribution in [-0.4, -0.2) is 17.6 Å². The first-order valence-corrected chi connectivity index (χ1v) is 9.44. The lowest BCUT2D eigenvalue weighted by Gasteiger charge is -2.28. The van der Waals surface area contributed by atoms with Crippen LogP contribution in [0.5, 0.6) is 0 Å². The van der Waals surface area contributed by atoms with Gasteiger partial charge >= 0.3 is 6.18 Å². The van der Waals surface area contributed by atoms with Gasteiger partial charge in [-0.05, 0) is 49.3 Å². The van der Waals surface area contributed by atoms with Gasteiger partial charge in [-0.2, -0.15) is 13.2 Å². The van der Waals surface area contributed by atoms with E-state index in [1.165, 1.54) is 31.4 Å². The number of aliphatic hydroxyl groups excluding tert-OH is 1. The zero-order valence-electron chi connectivity index (χ0n) is 15.2. The van der Waals surface area contributed by atoms with E-state index >= 15 is 0 Å². The fourth-order valence-electron chi connectivity index (χ4n) is 3.56. The lowest BCUT2D eigenvalue weighted by molar-refractivity contribution is -0.137. The molecule has 1 unspecified atom stereocenters. The number of amides is 1. The molecule has 6 heteroatoms. The number of carbonyl (C=O) groups excluding carboxylic acids is 1. The van der Waals surface area contributed by atoms with Gasteiger partial charge < -0.3 is 10.4 Å². The summed E-state index contributed by atoms with van der Waals surface area (Å²) >= 11 is 0. The summed E-state index contributed by atoms with van der Waals surface area (Å²) in [5.74, 6) is 0.634. The molecule has 2 rings (SSSR count). The number of unbranched alkanes of at least 4 members (excludes halogenated alkanes) is 1. The van der Waals surface area contributed by atoms with Crippen LogP contribution in [0.1, 0.15) is 69.1 Å². The highest BCUT2D eigenvalue weighted by Gasteiger charge is 2.30. The van der Waals surface area contributed by atoms with Crippen LogP contribution in [0.15, 0.2) is 24.3 Å². The standard InChI is InChI=1S/C20H28F3NO2/c1-2-3-4-14-5-7-16(8-6-14)19(26)24-13-18(25)15-9-11-17(12-10-15)20(21,22)23/h9-12,14,16,18,25H,2-8,13H2,1H3,(H,24,26). The molecule has 0 spiro atoms. The van der Waals surface area contributed by atoms with Crippen molar-refractivity contribution in [2.24, 2.45) is 11.8 Å². The second-order valence-corrected chi connectivity index (χ2v) is 7.24. The number of hydrogen-bond donors (Lipinski definition) is 2. The van der Waals surface area contributed by atoms with Crippen molar-refractivity contribution in [1.82, 2.24) is 5.32 Å². The molecule has 0 saturated heterocycles. The van der Waals surface area contributed by atoms with Gasteiger partial charge in [0.15, 0.2) is 0 Å². The minimum absolute atomic E-state index is 0.0139. The summed E-state index contributed by atoms with van der Waals surface area (Å²) in [7, 11) is 0. The van der Waals surface area contributed by atoms with Crippen molar-refractivity contribution >= 4 is 5.91 Å². The van der Waals surface area contributed by atoms with Crippen molar-refractivity contribution in [2.45, 2.75) is 64.1 Å². The minimum atomic E-state index is -4.40. The Bertz CT molecular complexity index is 563. The highest BCUT2D eigenvalue weighted by Crippen LogP contribution is 2.32. The Morgan fingerprint density at radius 3 is 2.35 bits per heavy atom. The third-order valence-electron chi connectivity index (χ3n) is 5.28. The van der Waals surface area contributed by atoms with Crippen molar-refractivity contribution in [3.63, 3.8) is 0 Å². The van der Waals surface area contributed by atoms with Gasteiger partial charge in [0.05, 0.1) is 11.7 Å². The number of benzene rings is 1. The van der Waals surface area contributed by atoms with E-state index in [1.54, 1.807) is 0 Å². The van der Waals surface area contributed by atoms with Crippen LogP contribution in [0, 0.1) is 11.8 Å². The van der Waals surface area contributed by atoms with E-state index in [2.05, 4.69) is 12.2 Å². The first-order chi connectivity index (χ1) is 12.3. The van der Waals surface area contributed by atoms with Crippen molar-refractivity contribution < 1.29 is 23.1 Å². The summed E-state index contributed by atoms with van der Waals surface area (Å²) in [6.07, 6.45) is 2.14. The first-order valence-electron chi connectivity index (χ1n) is 9.44. The molecule has 1 saturated carbocycles. The summed E-state index contributed by atoms with van der Waals surface area (Å²) in [5.41, 5.74) is -0.390.